The molecule has 0 aliphatic carbocycles. The standard InChI is InChI=1S/C11H13O2P/c12-14(8-4-5-9-14)13-10-11-6-2-1-3-7-11/h1-4,6-8H,5,9-10H2. The lowest BCUT2D eigenvalue weighted by Gasteiger charge is -2.10. The van der Waals surface area contributed by atoms with Gasteiger partial charge >= 0.3 is 0 Å². The van der Waals surface area contributed by atoms with Gasteiger partial charge in [-0.2, -0.15) is 0 Å². The summed E-state index contributed by atoms with van der Waals surface area (Å²) >= 11 is 0. The summed E-state index contributed by atoms with van der Waals surface area (Å²) in [6, 6.07) is 9.83. The Hall–Kier alpha value is -0.850. The van der Waals surface area contributed by atoms with Gasteiger partial charge in [0.25, 0.3) is 0 Å². The van der Waals surface area contributed by atoms with Crippen LogP contribution in [0.2, 0.25) is 0 Å². The van der Waals surface area contributed by atoms with Gasteiger partial charge in [-0.1, -0.05) is 36.4 Å². The number of rotatable bonds is 3. The average Bonchev–Trinajstić information content (AvgIpc) is 2.65. The summed E-state index contributed by atoms with van der Waals surface area (Å²) in [6.45, 7) is 0.447. The fourth-order valence-electron chi connectivity index (χ4n) is 1.43. The van der Waals surface area contributed by atoms with Crippen LogP contribution in [0.25, 0.3) is 0 Å². The van der Waals surface area contributed by atoms with Gasteiger partial charge < -0.3 is 4.52 Å². The minimum absolute atomic E-state index is 0.447. The molecule has 14 heavy (non-hydrogen) atoms. The van der Waals surface area contributed by atoms with Crippen molar-refractivity contribution in [3.05, 3.63) is 47.8 Å². The minimum Gasteiger partial charge on any atom is -0.321 e. The Kier molecular flexibility index (Phi) is 2.85. The molecule has 0 amide bonds. The summed E-state index contributed by atoms with van der Waals surface area (Å²) < 4.78 is 17.3. The van der Waals surface area contributed by atoms with Crippen LogP contribution < -0.4 is 0 Å². The van der Waals surface area contributed by atoms with Crippen LogP contribution in [0.3, 0.4) is 0 Å². The Morgan fingerprint density at radius 1 is 1.29 bits per heavy atom. The molecule has 0 saturated heterocycles. The van der Waals surface area contributed by atoms with E-state index in [0.29, 0.717) is 12.8 Å². The van der Waals surface area contributed by atoms with Crippen molar-refractivity contribution >= 4 is 7.37 Å². The highest BCUT2D eigenvalue weighted by molar-refractivity contribution is 7.62. The first-order valence-electron chi connectivity index (χ1n) is 4.73. The molecule has 0 saturated carbocycles. The number of hydrogen-bond donors (Lipinski definition) is 0. The largest absolute Gasteiger partial charge is 0.321 e. The van der Waals surface area contributed by atoms with Crippen LogP contribution in [-0.2, 0) is 15.7 Å². The Morgan fingerprint density at radius 3 is 2.71 bits per heavy atom. The van der Waals surface area contributed by atoms with Crippen molar-refractivity contribution in [2.75, 3.05) is 6.16 Å². The molecular weight excluding hydrogens is 195 g/mol. The van der Waals surface area contributed by atoms with Crippen LogP contribution in [-0.4, -0.2) is 6.16 Å². The van der Waals surface area contributed by atoms with Gasteiger partial charge in [-0.25, -0.2) is 0 Å². The van der Waals surface area contributed by atoms with Crippen LogP contribution in [0.15, 0.2) is 42.2 Å². The van der Waals surface area contributed by atoms with Gasteiger partial charge in [-0.15, -0.1) is 0 Å². The molecule has 2 rings (SSSR count). The van der Waals surface area contributed by atoms with Gasteiger partial charge in [0.15, 0.2) is 0 Å². The number of allylic oxidation sites excluding steroid dienone is 1. The molecule has 0 bridgehead atoms. The summed E-state index contributed by atoms with van der Waals surface area (Å²) in [5.74, 6) is 1.73. The molecular formula is C11H13O2P. The molecule has 74 valence electrons. The van der Waals surface area contributed by atoms with E-state index in [0.717, 1.165) is 12.0 Å². The average molecular weight is 208 g/mol. The molecule has 1 unspecified atom stereocenters. The third kappa shape index (κ3) is 2.34. The van der Waals surface area contributed by atoms with Gasteiger partial charge in [0.2, 0.25) is 7.37 Å². The highest BCUT2D eigenvalue weighted by Gasteiger charge is 2.22. The van der Waals surface area contributed by atoms with E-state index < -0.39 is 7.37 Å². The summed E-state index contributed by atoms with van der Waals surface area (Å²) in [7, 11) is -2.42. The monoisotopic (exact) mass is 208 g/mol. The van der Waals surface area contributed by atoms with E-state index in [1.54, 1.807) is 5.82 Å². The summed E-state index contributed by atoms with van der Waals surface area (Å²) in [5.41, 5.74) is 1.07. The second kappa shape index (κ2) is 4.12. The quantitative estimate of drug-likeness (QED) is 0.711. The van der Waals surface area contributed by atoms with E-state index in [-0.39, 0.29) is 0 Å². The molecule has 1 aliphatic heterocycles. The summed E-state index contributed by atoms with van der Waals surface area (Å²) in [4.78, 5) is 0. The highest BCUT2D eigenvalue weighted by Crippen LogP contribution is 2.53. The van der Waals surface area contributed by atoms with Crippen molar-refractivity contribution in [3.63, 3.8) is 0 Å². The van der Waals surface area contributed by atoms with Crippen molar-refractivity contribution in [1.82, 2.24) is 0 Å². The molecule has 1 atom stereocenters. The van der Waals surface area contributed by atoms with Crippen molar-refractivity contribution in [2.24, 2.45) is 0 Å². The van der Waals surface area contributed by atoms with E-state index in [9.17, 15) is 4.57 Å². The number of benzene rings is 1. The molecule has 0 radical (unpaired) electrons. The third-order valence-corrected chi connectivity index (χ3v) is 4.35. The van der Waals surface area contributed by atoms with E-state index in [1.165, 1.54) is 0 Å². The minimum atomic E-state index is -2.42. The van der Waals surface area contributed by atoms with Gasteiger partial charge in [0.05, 0.1) is 6.61 Å². The normalized spacial score (nSPS) is 25.4. The Morgan fingerprint density at radius 2 is 2.07 bits per heavy atom. The van der Waals surface area contributed by atoms with Crippen molar-refractivity contribution < 1.29 is 9.09 Å². The first-order chi connectivity index (χ1) is 6.79. The SMILES string of the molecule is O=P1(OCc2ccccc2)C=CCC1. The lowest BCUT2D eigenvalue weighted by molar-refractivity contribution is 0.310. The molecule has 1 aromatic carbocycles. The maximum atomic E-state index is 11.9. The molecule has 0 spiro atoms. The lowest BCUT2D eigenvalue weighted by atomic mass is 10.2. The summed E-state index contributed by atoms with van der Waals surface area (Å²) in [6.07, 6.45) is 3.48. The van der Waals surface area contributed by atoms with E-state index in [4.69, 9.17) is 4.52 Å². The maximum absolute atomic E-state index is 11.9. The molecule has 1 aromatic rings. The zero-order valence-electron chi connectivity index (χ0n) is 7.93. The third-order valence-electron chi connectivity index (χ3n) is 2.23. The molecule has 1 heterocycles. The van der Waals surface area contributed by atoms with Crippen LogP contribution in [0.1, 0.15) is 12.0 Å². The summed E-state index contributed by atoms with van der Waals surface area (Å²) in [5, 5.41) is 0. The predicted octanol–water partition coefficient (Wildman–Crippen LogP) is 3.40. The lowest BCUT2D eigenvalue weighted by Crippen LogP contribution is -1.90. The van der Waals surface area contributed by atoms with Crippen LogP contribution in [0.4, 0.5) is 0 Å². The second-order valence-electron chi connectivity index (χ2n) is 3.38. The zero-order valence-corrected chi connectivity index (χ0v) is 8.82. The second-order valence-corrected chi connectivity index (χ2v) is 5.84. The molecule has 0 aromatic heterocycles. The van der Waals surface area contributed by atoms with Crippen LogP contribution >= 0.6 is 7.37 Å². The first kappa shape index (κ1) is 9.70. The highest BCUT2D eigenvalue weighted by atomic mass is 31.2. The smallest absolute Gasteiger partial charge is 0.225 e. The Balaban J connectivity index is 1.95. The maximum Gasteiger partial charge on any atom is 0.225 e. The molecule has 1 aliphatic rings. The topological polar surface area (TPSA) is 26.3 Å². The fraction of sp³-hybridized carbons (Fsp3) is 0.273. The molecule has 3 heteroatoms. The zero-order chi connectivity index (χ0) is 9.86. The van der Waals surface area contributed by atoms with Crippen molar-refractivity contribution in [1.29, 1.82) is 0 Å². The first-order valence-corrected chi connectivity index (χ1v) is 6.61. The Labute approximate surface area is 84.1 Å². The van der Waals surface area contributed by atoms with Crippen LogP contribution in [0, 0.1) is 0 Å². The van der Waals surface area contributed by atoms with E-state index in [2.05, 4.69) is 0 Å². The van der Waals surface area contributed by atoms with Crippen molar-refractivity contribution in [3.8, 4) is 0 Å². The van der Waals surface area contributed by atoms with Crippen LogP contribution in [0.5, 0.6) is 0 Å². The molecule has 2 nitrogen and oxygen atoms in total. The van der Waals surface area contributed by atoms with Gasteiger partial charge in [-0.3, -0.25) is 4.57 Å². The van der Waals surface area contributed by atoms with Gasteiger partial charge in [0.1, 0.15) is 0 Å². The molecule has 0 N–H and O–H groups in total. The van der Waals surface area contributed by atoms with E-state index >= 15 is 0 Å². The fourth-order valence-corrected chi connectivity index (χ4v) is 3.14. The Bertz CT molecular complexity index is 370. The van der Waals surface area contributed by atoms with Gasteiger partial charge in [0, 0.05) is 6.16 Å². The number of hydrogen-bond acceptors (Lipinski definition) is 2. The van der Waals surface area contributed by atoms with Crippen molar-refractivity contribution in [2.45, 2.75) is 13.0 Å². The van der Waals surface area contributed by atoms with Gasteiger partial charge in [-0.05, 0) is 17.8 Å². The predicted molar refractivity (Wildman–Crippen MR) is 57.5 cm³/mol. The molecule has 0 fully saturated rings. The van der Waals surface area contributed by atoms with E-state index in [1.807, 2.05) is 36.4 Å².